The van der Waals surface area contributed by atoms with Crippen LogP contribution in [0.25, 0.3) is 11.0 Å². The van der Waals surface area contributed by atoms with E-state index in [1.165, 1.54) is 36.5 Å². The maximum Gasteiger partial charge on any atom is 0.275 e. The van der Waals surface area contributed by atoms with Crippen molar-refractivity contribution < 1.29 is 9.59 Å². The maximum atomic E-state index is 13.3. The standard InChI is InChI=1S/C23H22N6O2S/c1-13(2)29-10-18(17-9-25-12-26-21(17)29)20(30)15-6-16(8-24-7-15)27-22(31)19-11-32-23(28-19)14-4-3-5-14/h6-14H,3-5H2,1-2H3,(H,27,31). The fraction of sp³-hybridized carbons (Fsp3) is 0.304. The van der Waals surface area contributed by atoms with Crippen LogP contribution in [0.15, 0.2) is 42.6 Å². The normalized spacial score (nSPS) is 14.0. The van der Waals surface area contributed by atoms with Gasteiger partial charge in [-0.25, -0.2) is 15.0 Å². The number of hydrogen-bond acceptors (Lipinski definition) is 7. The van der Waals surface area contributed by atoms with Crippen molar-refractivity contribution in [1.82, 2.24) is 24.5 Å². The summed E-state index contributed by atoms with van der Waals surface area (Å²) in [5.41, 5.74) is 2.43. The minimum Gasteiger partial charge on any atom is -0.329 e. The smallest absolute Gasteiger partial charge is 0.275 e. The Labute approximate surface area is 188 Å². The third-order valence-corrected chi connectivity index (χ3v) is 6.77. The summed E-state index contributed by atoms with van der Waals surface area (Å²) in [6, 6.07) is 1.77. The molecule has 4 aromatic rings. The molecule has 0 aliphatic heterocycles. The predicted octanol–water partition coefficient (Wildman–Crippen LogP) is 4.61. The molecule has 0 radical (unpaired) electrons. The highest BCUT2D eigenvalue weighted by Gasteiger charge is 2.24. The summed E-state index contributed by atoms with van der Waals surface area (Å²) in [5.74, 6) is -0.0159. The molecule has 0 bridgehead atoms. The van der Waals surface area contributed by atoms with E-state index in [-0.39, 0.29) is 17.7 Å². The number of ketones is 1. The molecule has 5 rings (SSSR count). The summed E-state index contributed by atoms with van der Waals surface area (Å²) in [6.07, 6.45) is 11.4. The zero-order valence-corrected chi connectivity index (χ0v) is 18.6. The van der Waals surface area contributed by atoms with Gasteiger partial charge in [0, 0.05) is 46.9 Å². The quantitative estimate of drug-likeness (QED) is 0.434. The molecule has 0 unspecified atom stereocenters. The number of anilines is 1. The number of rotatable bonds is 6. The second-order valence-electron chi connectivity index (χ2n) is 8.25. The molecule has 32 heavy (non-hydrogen) atoms. The van der Waals surface area contributed by atoms with Gasteiger partial charge in [-0.05, 0) is 32.8 Å². The predicted molar refractivity (Wildman–Crippen MR) is 122 cm³/mol. The van der Waals surface area contributed by atoms with Crippen molar-refractivity contribution in [2.24, 2.45) is 0 Å². The SMILES string of the molecule is CC(C)n1cc(C(=O)c2cncc(NC(=O)c3csc(C4CCC4)n3)c2)c2cncnc21. The summed E-state index contributed by atoms with van der Waals surface area (Å²) in [7, 11) is 0. The highest BCUT2D eigenvalue weighted by Crippen LogP contribution is 2.37. The van der Waals surface area contributed by atoms with Crippen LogP contribution in [0.1, 0.15) is 76.5 Å². The molecule has 0 saturated heterocycles. The topological polar surface area (TPSA) is 103 Å². The molecule has 4 heterocycles. The Kier molecular flexibility index (Phi) is 5.26. The molecule has 9 heteroatoms. The van der Waals surface area contributed by atoms with Crippen molar-refractivity contribution in [1.29, 1.82) is 0 Å². The zero-order valence-electron chi connectivity index (χ0n) is 17.8. The molecule has 0 spiro atoms. The Hall–Kier alpha value is -3.46. The number of aromatic nitrogens is 5. The Bertz CT molecular complexity index is 1320. The summed E-state index contributed by atoms with van der Waals surface area (Å²) < 4.78 is 1.95. The Morgan fingerprint density at radius 2 is 2.03 bits per heavy atom. The Morgan fingerprint density at radius 3 is 2.78 bits per heavy atom. The summed E-state index contributed by atoms with van der Waals surface area (Å²) in [6.45, 7) is 4.06. The van der Waals surface area contributed by atoms with Crippen LogP contribution < -0.4 is 5.32 Å². The first-order valence-corrected chi connectivity index (χ1v) is 11.5. The van der Waals surface area contributed by atoms with Crippen LogP contribution in [-0.2, 0) is 0 Å². The van der Waals surface area contributed by atoms with E-state index in [2.05, 4.69) is 25.3 Å². The average Bonchev–Trinajstić information content (AvgIpc) is 3.38. The van der Waals surface area contributed by atoms with Crippen LogP contribution in [0.3, 0.4) is 0 Å². The van der Waals surface area contributed by atoms with Crippen LogP contribution in [0.2, 0.25) is 0 Å². The van der Waals surface area contributed by atoms with Gasteiger partial charge in [-0.1, -0.05) is 6.42 Å². The molecule has 8 nitrogen and oxygen atoms in total. The molecule has 1 amide bonds. The molecular formula is C23H22N6O2S. The number of nitrogens with zero attached hydrogens (tertiary/aromatic N) is 5. The lowest BCUT2D eigenvalue weighted by atomic mass is 9.86. The van der Waals surface area contributed by atoms with Gasteiger partial charge in [0.25, 0.3) is 5.91 Å². The third kappa shape index (κ3) is 3.69. The highest BCUT2D eigenvalue weighted by atomic mass is 32.1. The molecule has 0 atom stereocenters. The zero-order chi connectivity index (χ0) is 22.2. The maximum absolute atomic E-state index is 13.3. The molecule has 1 N–H and O–H groups in total. The summed E-state index contributed by atoms with van der Waals surface area (Å²) >= 11 is 1.53. The van der Waals surface area contributed by atoms with Gasteiger partial charge in [-0.2, -0.15) is 0 Å². The van der Waals surface area contributed by atoms with E-state index in [1.54, 1.807) is 23.8 Å². The third-order valence-electron chi connectivity index (χ3n) is 5.76. The number of thiazole rings is 1. The molecule has 0 aromatic carbocycles. The molecule has 162 valence electrons. The van der Waals surface area contributed by atoms with Crippen LogP contribution in [0, 0.1) is 0 Å². The summed E-state index contributed by atoms with van der Waals surface area (Å²) in [5, 5.41) is 6.31. The van der Waals surface area contributed by atoms with E-state index in [0.29, 0.717) is 39.5 Å². The Balaban J connectivity index is 1.39. The van der Waals surface area contributed by atoms with E-state index >= 15 is 0 Å². The Morgan fingerprint density at radius 1 is 1.19 bits per heavy atom. The largest absolute Gasteiger partial charge is 0.329 e. The van der Waals surface area contributed by atoms with Gasteiger partial charge in [0.15, 0.2) is 5.78 Å². The second kappa shape index (κ2) is 8.23. The van der Waals surface area contributed by atoms with Gasteiger partial charge in [0.1, 0.15) is 17.7 Å². The first-order chi connectivity index (χ1) is 15.5. The first-order valence-electron chi connectivity index (χ1n) is 10.6. The number of pyridine rings is 1. The first kappa shape index (κ1) is 20.4. The monoisotopic (exact) mass is 446 g/mol. The van der Waals surface area contributed by atoms with Crippen molar-refractivity contribution in [3.63, 3.8) is 0 Å². The summed E-state index contributed by atoms with van der Waals surface area (Å²) in [4.78, 5) is 43.0. The van der Waals surface area contributed by atoms with E-state index in [1.807, 2.05) is 18.4 Å². The van der Waals surface area contributed by atoms with Gasteiger partial charge in [0.2, 0.25) is 0 Å². The average molecular weight is 447 g/mol. The van der Waals surface area contributed by atoms with E-state index < -0.39 is 0 Å². The van der Waals surface area contributed by atoms with Gasteiger partial charge in [0.05, 0.1) is 22.5 Å². The fourth-order valence-electron chi connectivity index (χ4n) is 3.78. The molecule has 1 fully saturated rings. The number of carbonyl (C=O) groups is 2. The number of nitrogens with one attached hydrogen (secondary N) is 1. The number of carbonyl (C=O) groups excluding carboxylic acids is 2. The van der Waals surface area contributed by atoms with Crippen LogP contribution in [0.5, 0.6) is 0 Å². The van der Waals surface area contributed by atoms with Crippen molar-refractivity contribution in [3.8, 4) is 0 Å². The van der Waals surface area contributed by atoms with Crippen LogP contribution >= 0.6 is 11.3 Å². The van der Waals surface area contributed by atoms with Gasteiger partial charge < -0.3 is 9.88 Å². The fourth-order valence-corrected chi connectivity index (χ4v) is 4.75. The number of fused-ring (bicyclic) bond motifs is 1. The molecule has 1 aliphatic rings. The molecule has 1 saturated carbocycles. The van der Waals surface area contributed by atoms with Gasteiger partial charge in [-0.15, -0.1) is 11.3 Å². The van der Waals surface area contributed by atoms with Crippen molar-refractivity contribution >= 4 is 39.7 Å². The highest BCUT2D eigenvalue weighted by molar-refractivity contribution is 7.10. The van der Waals surface area contributed by atoms with Crippen molar-refractivity contribution in [3.05, 3.63) is 64.4 Å². The molecule has 1 aliphatic carbocycles. The van der Waals surface area contributed by atoms with Crippen molar-refractivity contribution in [2.45, 2.75) is 45.1 Å². The lowest BCUT2D eigenvalue weighted by molar-refractivity contribution is 0.101. The van der Waals surface area contributed by atoms with E-state index in [0.717, 1.165) is 17.8 Å². The van der Waals surface area contributed by atoms with Crippen LogP contribution in [0.4, 0.5) is 5.69 Å². The number of amides is 1. The minimum absolute atomic E-state index is 0.139. The minimum atomic E-state index is -0.303. The number of hydrogen-bond donors (Lipinski definition) is 1. The molecule has 4 aromatic heterocycles. The van der Waals surface area contributed by atoms with Gasteiger partial charge in [-0.3, -0.25) is 14.6 Å². The van der Waals surface area contributed by atoms with E-state index in [9.17, 15) is 9.59 Å². The van der Waals surface area contributed by atoms with Gasteiger partial charge >= 0.3 is 0 Å². The lowest BCUT2D eigenvalue weighted by Gasteiger charge is -2.22. The molecular weight excluding hydrogens is 424 g/mol. The second-order valence-corrected chi connectivity index (χ2v) is 9.14. The van der Waals surface area contributed by atoms with Crippen LogP contribution in [-0.4, -0.2) is 36.2 Å². The van der Waals surface area contributed by atoms with E-state index in [4.69, 9.17) is 0 Å². The lowest BCUT2D eigenvalue weighted by Crippen LogP contribution is -2.14. The van der Waals surface area contributed by atoms with Crippen molar-refractivity contribution in [2.75, 3.05) is 5.32 Å².